The van der Waals surface area contributed by atoms with Crippen molar-refractivity contribution >= 4 is 26.1 Å². The molecule has 53 heavy (non-hydrogen) atoms. The maximum Gasteiger partial charge on any atom is 0.460 e. The summed E-state index contributed by atoms with van der Waals surface area (Å²) in [6.07, 6.45) is -11.3. The number of alkyl halides is 21. The zero-order chi connectivity index (χ0) is 43.5. The molecular formula is C20H22F21N2O8S2+. The number of aliphatic hydroxyl groups excluding tert-OH is 1. The Morgan fingerprint density at radius 2 is 0.943 bits per heavy atom. The highest BCUT2D eigenvalue weighted by molar-refractivity contribution is 7.90. The van der Waals surface area contributed by atoms with Crippen LogP contribution in [0.1, 0.15) is 6.42 Å². The molecule has 1 atom stereocenters. The summed E-state index contributed by atoms with van der Waals surface area (Å²) < 4.78 is 340. The predicted octanol–water partition coefficient (Wildman–Crippen LogP) is 4.66. The van der Waals surface area contributed by atoms with Crippen LogP contribution >= 0.6 is 0 Å². The lowest BCUT2D eigenvalue weighted by molar-refractivity contribution is -0.893. The second kappa shape index (κ2) is 14.4. The van der Waals surface area contributed by atoms with Gasteiger partial charge >= 0.3 is 64.8 Å². The van der Waals surface area contributed by atoms with Crippen LogP contribution in [0, 0.1) is 0 Å². The van der Waals surface area contributed by atoms with Crippen molar-refractivity contribution in [1.82, 2.24) is 4.31 Å². The average molecular weight is 881 g/mol. The summed E-state index contributed by atoms with van der Waals surface area (Å²) in [4.78, 5) is 11.0. The van der Waals surface area contributed by atoms with Gasteiger partial charge in [0.15, 0.2) is 0 Å². The Hall–Kier alpha value is -2.26. The minimum Gasteiger partial charge on any atom is -0.480 e. The topological polar surface area (TPSA) is 149 Å². The van der Waals surface area contributed by atoms with E-state index in [1.54, 1.807) is 0 Å². The molecule has 0 fully saturated rings. The molecule has 0 aromatic rings. The summed E-state index contributed by atoms with van der Waals surface area (Å²) >= 11 is 0. The van der Waals surface area contributed by atoms with Crippen LogP contribution in [0.4, 0.5) is 92.2 Å². The fraction of sp³-hybridized carbons (Fsp3) is 0.950. The molecule has 33 heteroatoms. The van der Waals surface area contributed by atoms with Crippen LogP contribution in [0.5, 0.6) is 0 Å². The van der Waals surface area contributed by atoms with Crippen molar-refractivity contribution in [2.75, 3.05) is 46.0 Å². The first kappa shape index (κ1) is 50.7. The molecule has 0 amide bonds. The molecule has 0 heterocycles. The summed E-state index contributed by atoms with van der Waals surface area (Å²) in [6, 6.07) is 0. The summed E-state index contributed by atoms with van der Waals surface area (Å²) in [5, 5.41) is 10.3. The Bertz CT molecular complexity index is 1550. The monoisotopic (exact) mass is 881 g/mol. The van der Waals surface area contributed by atoms with Gasteiger partial charge in [-0.15, -0.1) is 0 Å². The van der Waals surface area contributed by atoms with E-state index in [1.165, 1.54) is 0 Å². The SMILES string of the molecule is C[N+](C)(CCCN(CC(=O)O)S(=O)(=O)C(F)(F)C(F)(F)C(F)(F)C(F)(F)C(F)(F)C(F)(F)C(F)(F)C(F)(F)C(F)(F)C(F)(F)F)CC(O)CS(=O)(=O)O. The van der Waals surface area contributed by atoms with E-state index in [9.17, 15) is 119 Å². The highest BCUT2D eigenvalue weighted by atomic mass is 32.2. The molecular weight excluding hydrogens is 859 g/mol. The van der Waals surface area contributed by atoms with Crippen molar-refractivity contribution in [2.45, 2.75) is 71.3 Å². The normalized spacial score (nSPS) is 16.6. The first-order valence-corrected chi connectivity index (χ1v) is 15.8. The molecule has 0 aliphatic heterocycles. The molecule has 3 N–H and O–H groups in total. The Balaban J connectivity index is 7.06. The molecule has 0 aliphatic carbocycles. The summed E-state index contributed by atoms with van der Waals surface area (Å²) in [7, 11) is -11.0. The number of aliphatic carboxylic acids is 1. The van der Waals surface area contributed by atoms with Gasteiger partial charge in [-0.1, -0.05) is 0 Å². The van der Waals surface area contributed by atoms with Crippen molar-refractivity contribution in [1.29, 1.82) is 0 Å². The van der Waals surface area contributed by atoms with Crippen molar-refractivity contribution in [3.63, 3.8) is 0 Å². The van der Waals surface area contributed by atoms with E-state index in [2.05, 4.69) is 0 Å². The Kier molecular flexibility index (Phi) is 13.7. The van der Waals surface area contributed by atoms with Gasteiger partial charge in [0, 0.05) is 13.0 Å². The van der Waals surface area contributed by atoms with E-state index in [4.69, 9.17) is 9.66 Å². The molecule has 0 rings (SSSR count). The zero-order valence-electron chi connectivity index (χ0n) is 25.4. The van der Waals surface area contributed by atoms with E-state index < -0.39 is 138 Å². The highest BCUT2D eigenvalue weighted by Crippen LogP contribution is 2.66. The third-order valence-electron chi connectivity index (χ3n) is 6.74. The number of carbonyl (C=O) groups is 1. The maximum absolute atomic E-state index is 14.7. The summed E-state index contributed by atoms with van der Waals surface area (Å²) in [5.41, 5.74) is 0. The third-order valence-corrected chi connectivity index (χ3v) is 9.44. The molecule has 0 spiro atoms. The fourth-order valence-electron chi connectivity index (χ4n) is 3.94. The summed E-state index contributed by atoms with van der Waals surface area (Å²) in [5.74, 6) is -77.7. The number of likely N-dealkylation sites (N-methyl/N-ethyl adjacent to an activating group) is 1. The third kappa shape index (κ3) is 8.61. The van der Waals surface area contributed by atoms with Crippen molar-refractivity contribution in [3.05, 3.63) is 0 Å². The lowest BCUT2D eigenvalue weighted by atomic mass is 9.87. The number of hydrogen-bond acceptors (Lipinski definition) is 6. The molecule has 0 radical (unpaired) electrons. The van der Waals surface area contributed by atoms with Crippen molar-refractivity contribution in [2.24, 2.45) is 0 Å². The number of nitrogens with zero attached hydrogens (tertiary/aromatic N) is 2. The smallest absolute Gasteiger partial charge is 0.460 e. The van der Waals surface area contributed by atoms with E-state index in [1.807, 2.05) is 0 Å². The maximum atomic E-state index is 14.7. The van der Waals surface area contributed by atoms with Crippen LogP contribution in [-0.4, -0.2) is 157 Å². The Labute approximate surface area is 281 Å². The number of quaternary nitrogens is 1. The number of carboxylic acids is 1. The molecule has 0 aliphatic rings. The molecule has 0 bridgehead atoms. The Morgan fingerprint density at radius 3 is 1.25 bits per heavy atom. The van der Waals surface area contributed by atoms with Gasteiger partial charge < -0.3 is 14.7 Å². The number of hydrogen-bond donors (Lipinski definition) is 3. The zero-order valence-corrected chi connectivity index (χ0v) is 27.0. The van der Waals surface area contributed by atoms with Gasteiger partial charge in [-0.3, -0.25) is 9.35 Å². The first-order valence-electron chi connectivity index (χ1n) is 12.8. The predicted molar refractivity (Wildman–Crippen MR) is 128 cm³/mol. The summed E-state index contributed by atoms with van der Waals surface area (Å²) in [6.45, 7) is -6.07. The first-order chi connectivity index (χ1) is 22.6. The van der Waals surface area contributed by atoms with Gasteiger partial charge in [-0.2, -0.15) is 105 Å². The van der Waals surface area contributed by atoms with Crippen molar-refractivity contribution in [3.8, 4) is 0 Å². The van der Waals surface area contributed by atoms with E-state index >= 15 is 0 Å². The molecule has 0 aromatic carbocycles. The van der Waals surface area contributed by atoms with Crippen LogP contribution in [-0.2, 0) is 24.9 Å². The van der Waals surface area contributed by atoms with Crippen LogP contribution < -0.4 is 0 Å². The van der Waals surface area contributed by atoms with Gasteiger partial charge in [-0.25, -0.2) is 8.42 Å². The van der Waals surface area contributed by atoms with Crippen LogP contribution in [0.2, 0.25) is 0 Å². The van der Waals surface area contributed by atoms with E-state index in [0.717, 1.165) is 14.1 Å². The average Bonchev–Trinajstić information content (AvgIpc) is 2.88. The van der Waals surface area contributed by atoms with E-state index in [0.29, 0.717) is 0 Å². The molecule has 318 valence electrons. The highest BCUT2D eigenvalue weighted by Gasteiger charge is 2.98. The second-order valence-electron chi connectivity index (χ2n) is 11.4. The Morgan fingerprint density at radius 1 is 0.623 bits per heavy atom. The molecule has 10 nitrogen and oxygen atoms in total. The van der Waals surface area contributed by atoms with Gasteiger partial charge in [0.1, 0.15) is 24.9 Å². The largest absolute Gasteiger partial charge is 0.480 e. The van der Waals surface area contributed by atoms with Gasteiger partial charge in [0.2, 0.25) is 0 Å². The van der Waals surface area contributed by atoms with Gasteiger partial charge in [0.25, 0.3) is 20.1 Å². The lowest BCUT2D eigenvalue weighted by Crippen LogP contribution is -2.77. The number of aliphatic hydroxyl groups is 1. The lowest BCUT2D eigenvalue weighted by Gasteiger charge is -2.44. The molecule has 0 saturated carbocycles. The number of rotatable bonds is 20. The minimum atomic E-state index is -9.52. The number of carboxylic acid groups (broad SMARTS) is 1. The van der Waals surface area contributed by atoms with Crippen LogP contribution in [0.3, 0.4) is 0 Å². The minimum absolute atomic E-state index is 0.779. The second-order valence-corrected chi connectivity index (χ2v) is 14.9. The van der Waals surface area contributed by atoms with Crippen LogP contribution in [0.15, 0.2) is 0 Å². The number of halogens is 21. The van der Waals surface area contributed by atoms with Crippen molar-refractivity contribution < 1.29 is 133 Å². The van der Waals surface area contributed by atoms with Gasteiger partial charge in [0.05, 0.1) is 20.6 Å². The molecule has 0 saturated heterocycles. The quantitative estimate of drug-likeness (QED) is 0.0910. The van der Waals surface area contributed by atoms with Gasteiger partial charge in [-0.05, 0) is 0 Å². The fourth-order valence-corrected chi connectivity index (χ4v) is 5.95. The molecule has 0 aromatic heterocycles. The molecule has 1 unspecified atom stereocenters. The van der Waals surface area contributed by atoms with E-state index in [-0.39, 0.29) is 0 Å². The number of sulfonamides is 1. The standard InChI is InChI=1S/C20H21F21N2O8S2/c1-43(2,7-9(44)8-52(47,48)49)5-3-4-42(6-10(45)46)53(50,51)20(40,41)18(35,36)16(31,32)14(27,28)12(23,24)11(21,22)13(25,26)15(29,30)17(33,34)19(37,38)39/h9,44H,3-8H2,1-2H3,(H-,45,46,47,48,49)/p+1. The van der Waals surface area contributed by atoms with Crippen LogP contribution in [0.25, 0.3) is 0 Å².